The van der Waals surface area contributed by atoms with Crippen molar-refractivity contribution < 1.29 is 14.7 Å². The number of carboxylic acid groups (broad SMARTS) is 1. The normalized spacial score (nSPS) is 10.5. The highest BCUT2D eigenvalue weighted by atomic mass is 16.4. The third kappa shape index (κ3) is 15.0. The summed E-state index contributed by atoms with van der Waals surface area (Å²) in [7, 11) is 0. The number of hydrogen-bond acceptors (Lipinski definition) is 4. The van der Waals surface area contributed by atoms with Gasteiger partial charge in [0.15, 0.2) is 5.96 Å². The van der Waals surface area contributed by atoms with E-state index in [9.17, 15) is 4.79 Å². The third-order valence-corrected chi connectivity index (χ3v) is 1.32. The molecule has 0 bridgehead atoms. The van der Waals surface area contributed by atoms with Crippen molar-refractivity contribution in [2.24, 2.45) is 17.2 Å². The number of hydrogen-bond donors (Lipinski definition) is 6. The van der Waals surface area contributed by atoms with E-state index in [0.717, 1.165) is 0 Å². The second-order valence-corrected chi connectivity index (χ2v) is 2.56. The number of guanidine groups is 1. The number of carboxylic acids is 1. The molecule has 15 heavy (non-hydrogen) atoms. The minimum absolute atomic E-state index is 0.112. The lowest BCUT2D eigenvalue weighted by molar-refractivity contribution is -0.138. The average Bonchev–Trinajstić information content (AvgIpc) is 2.12. The first kappa shape index (κ1) is 15.6. The van der Waals surface area contributed by atoms with Gasteiger partial charge in [-0.3, -0.25) is 15.0 Å². The van der Waals surface area contributed by atoms with Crippen LogP contribution < -0.4 is 22.5 Å². The smallest absolute Gasteiger partial charge is 0.320 e. The number of primary amides is 1. The van der Waals surface area contributed by atoms with Crippen molar-refractivity contribution in [1.29, 1.82) is 5.41 Å². The molecule has 0 heterocycles. The van der Waals surface area contributed by atoms with E-state index in [2.05, 4.69) is 11.1 Å². The van der Waals surface area contributed by atoms with Crippen molar-refractivity contribution in [3.8, 4) is 0 Å². The van der Waals surface area contributed by atoms with Crippen molar-refractivity contribution in [2.75, 3.05) is 6.54 Å². The molecule has 0 saturated heterocycles. The Morgan fingerprint density at radius 1 is 1.60 bits per heavy atom. The Morgan fingerprint density at radius 2 is 2.07 bits per heavy atom. The van der Waals surface area contributed by atoms with Gasteiger partial charge in [0.05, 0.1) is 0 Å². The molecule has 1 unspecified atom stereocenters. The molecule has 0 aliphatic rings. The molecule has 9 N–H and O–H groups in total. The SMILES string of the molecule is N=C(N)NCCCC(N)C(=O)O.NC=O. The van der Waals surface area contributed by atoms with Crippen LogP contribution in [0.2, 0.25) is 0 Å². The van der Waals surface area contributed by atoms with Gasteiger partial charge in [0.2, 0.25) is 6.41 Å². The molecule has 0 aliphatic carbocycles. The molecule has 1 amide bonds. The summed E-state index contributed by atoms with van der Waals surface area (Å²) < 4.78 is 0. The van der Waals surface area contributed by atoms with Crippen molar-refractivity contribution in [2.45, 2.75) is 18.9 Å². The Bertz CT molecular complexity index is 209. The Morgan fingerprint density at radius 3 is 2.40 bits per heavy atom. The molecule has 0 saturated carbocycles. The lowest BCUT2D eigenvalue weighted by Crippen LogP contribution is -2.34. The molecule has 0 radical (unpaired) electrons. The highest BCUT2D eigenvalue weighted by Crippen LogP contribution is 1.92. The molecular weight excluding hydrogens is 202 g/mol. The van der Waals surface area contributed by atoms with Crippen LogP contribution in [-0.4, -0.2) is 36.0 Å². The molecule has 1 atom stereocenters. The summed E-state index contributed by atoms with van der Waals surface area (Å²) in [5.41, 5.74) is 14.4. The molecule has 0 aromatic rings. The fraction of sp³-hybridized carbons (Fsp3) is 0.571. The van der Waals surface area contributed by atoms with Gasteiger partial charge in [0.25, 0.3) is 0 Å². The minimum Gasteiger partial charge on any atom is -0.480 e. The Kier molecular flexibility index (Phi) is 10.7. The molecule has 0 rings (SSSR count). The van der Waals surface area contributed by atoms with Gasteiger partial charge in [-0.05, 0) is 12.8 Å². The van der Waals surface area contributed by atoms with Crippen molar-refractivity contribution in [3.05, 3.63) is 0 Å². The Balaban J connectivity index is 0. The summed E-state index contributed by atoms with van der Waals surface area (Å²) in [5.74, 6) is -1.11. The van der Waals surface area contributed by atoms with E-state index in [4.69, 9.17) is 26.8 Å². The monoisotopic (exact) mass is 219 g/mol. The topological polar surface area (TPSA) is 168 Å². The van der Waals surface area contributed by atoms with E-state index in [0.29, 0.717) is 19.4 Å². The predicted octanol–water partition coefficient (Wildman–Crippen LogP) is -2.24. The second-order valence-electron chi connectivity index (χ2n) is 2.56. The molecule has 0 aromatic carbocycles. The summed E-state index contributed by atoms with van der Waals surface area (Å²) in [6.07, 6.45) is 1.22. The van der Waals surface area contributed by atoms with Crippen LogP contribution in [0.3, 0.4) is 0 Å². The molecule has 0 aromatic heterocycles. The number of nitrogens with two attached hydrogens (primary N) is 3. The third-order valence-electron chi connectivity index (χ3n) is 1.32. The quantitative estimate of drug-likeness (QED) is 0.132. The van der Waals surface area contributed by atoms with Gasteiger partial charge in [-0.25, -0.2) is 0 Å². The van der Waals surface area contributed by atoms with E-state index in [1.165, 1.54) is 0 Å². The van der Waals surface area contributed by atoms with Gasteiger partial charge in [0, 0.05) is 6.54 Å². The molecule has 8 heteroatoms. The summed E-state index contributed by atoms with van der Waals surface area (Å²) in [4.78, 5) is 18.8. The van der Waals surface area contributed by atoms with Crippen LogP contribution in [0.4, 0.5) is 0 Å². The zero-order valence-corrected chi connectivity index (χ0v) is 8.27. The van der Waals surface area contributed by atoms with E-state index in [1.807, 2.05) is 0 Å². The minimum atomic E-state index is -1.00. The first-order chi connectivity index (χ1) is 6.95. The first-order valence-corrected chi connectivity index (χ1v) is 4.17. The fourth-order valence-corrected chi connectivity index (χ4v) is 0.669. The van der Waals surface area contributed by atoms with Crippen LogP contribution in [0.5, 0.6) is 0 Å². The van der Waals surface area contributed by atoms with Crippen LogP contribution >= 0.6 is 0 Å². The summed E-state index contributed by atoms with van der Waals surface area (Å²) in [5, 5.41) is 17.7. The van der Waals surface area contributed by atoms with Gasteiger partial charge in [0.1, 0.15) is 6.04 Å². The lowest BCUT2D eigenvalue weighted by atomic mass is 10.2. The molecule has 8 nitrogen and oxygen atoms in total. The molecule has 0 spiro atoms. The second kappa shape index (κ2) is 10.3. The largest absolute Gasteiger partial charge is 0.480 e. The van der Waals surface area contributed by atoms with E-state index in [-0.39, 0.29) is 12.4 Å². The number of carbonyl (C=O) groups is 2. The van der Waals surface area contributed by atoms with Crippen LogP contribution in [0.15, 0.2) is 0 Å². The van der Waals surface area contributed by atoms with E-state index >= 15 is 0 Å². The fourth-order valence-electron chi connectivity index (χ4n) is 0.669. The van der Waals surface area contributed by atoms with E-state index < -0.39 is 12.0 Å². The lowest BCUT2D eigenvalue weighted by Gasteiger charge is -2.06. The van der Waals surface area contributed by atoms with Crippen molar-refractivity contribution in [1.82, 2.24) is 5.32 Å². The van der Waals surface area contributed by atoms with Crippen molar-refractivity contribution >= 4 is 18.3 Å². The molecule has 88 valence electrons. The summed E-state index contributed by atoms with van der Waals surface area (Å²) in [6, 6.07) is -0.821. The van der Waals surface area contributed by atoms with Crippen molar-refractivity contribution in [3.63, 3.8) is 0 Å². The molecule has 0 fully saturated rings. The number of carbonyl (C=O) groups excluding carboxylic acids is 1. The van der Waals surface area contributed by atoms with Crippen LogP contribution in [0.1, 0.15) is 12.8 Å². The number of aliphatic carboxylic acids is 1. The Labute approximate surface area is 87.3 Å². The predicted molar refractivity (Wildman–Crippen MR) is 55.0 cm³/mol. The standard InChI is InChI=1S/C6H14N4O2.CH3NO/c7-4(5(11)12)2-1-3-10-6(8)9;2-1-3/h4H,1-3,7H2,(H,11,12)(H4,8,9,10);1H,(H2,2,3). The number of rotatable bonds is 5. The van der Waals surface area contributed by atoms with E-state index in [1.54, 1.807) is 0 Å². The van der Waals surface area contributed by atoms with Crippen LogP contribution in [0, 0.1) is 5.41 Å². The Hall–Kier alpha value is -1.83. The van der Waals surface area contributed by atoms with Gasteiger partial charge >= 0.3 is 5.97 Å². The van der Waals surface area contributed by atoms with Gasteiger partial charge in [-0.2, -0.15) is 0 Å². The highest BCUT2D eigenvalue weighted by molar-refractivity contribution is 5.74. The van der Waals surface area contributed by atoms with Crippen LogP contribution in [0.25, 0.3) is 0 Å². The molecule has 0 aliphatic heterocycles. The maximum Gasteiger partial charge on any atom is 0.320 e. The van der Waals surface area contributed by atoms with Gasteiger partial charge in [-0.15, -0.1) is 0 Å². The summed E-state index contributed by atoms with van der Waals surface area (Å²) in [6.45, 7) is 0.482. The average molecular weight is 219 g/mol. The first-order valence-electron chi connectivity index (χ1n) is 4.17. The maximum absolute atomic E-state index is 10.2. The van der Waals surface area contributed by atoms with Gasteiger partial charge in [-0.1, -0.05) is 0 Å². The maximum atomic E-state index is 10.2. The van der Waals surface area contributed by atoms with Gasteiger partial charge < -0.3 is 27.6 Å². The number of nitrogens with one attached hydrogen (secondary N) is 2. The zero-order valence-electron chi connectivity index (χ0n) is 8.27. The van der Waals surface area contributed by atoms with Crippen LogP contribution in [-0.2, 0) is 9.59 Å². The number of amides is 1. The zero-order chi connectivity index (χ0) is 12.3. The molecular formula is C7H17N5O3. The summed E-state index contributed by atoms with van der Waals surface area (Å²) >= 11 is 0. The highest BCUT2D eigenvalue weighted by Gasteiger charge is 2.09.